The highest BCUT2D eigenvalue weighted by molar-refractivity contribution is 7.80. The molecule has 0 fully saturated rings. The quantitative estimate of drug-likeness (QED) is 0.0735. The molecule has 16 heteroatoms. The molecule has 0 aliphatic carbocycles. The van der Waals surface area contributed by atoms with Gasteiger partial charge >= 0.3 is 5.97 Å². The Bertz CT molecular complexity index is 721. The third-order valence-electron chi connectivity index (χ3n) is 3.36. The lowest BCUT2D eigenvalue weighted by molar-refractivity contribution is -0.139. The van der Waals surface area contributed by atoms with Crippen LogP contribution in [-0.2, 0) is 33.6 Å². The van der Waals surface area contributed by atoms with Gasteiger partial charge in [0.2, 0.25) is 29.5 Å². The fourth-order valence-electron chi connectivity index (χ4n) is 1.81. The second-order valence-electron chi connectivity index (χ2n) is 6.04. The van der Waals surface area contributed by atoms with Crippen LogP contribution in [0.2, 0.25) is 0 Å². The molecule has 32 heavy (non-hydrogen) atoms. The van der Waals surface area contributed by atoms with Gasteiger partial charge in [-0.05, 0) is 11.5 Å². The molecular formula is C16H26N6O8S2. The number of carboxylic acids is 1. The highest BCUT2D eigenvalue weighted by Crippen LogP contribution is 1.94. The fourth-order valence-corrected chi connectivity index (χ4v) is 2.22. The Balaban J connectivity index is 4.78. The van der Waals surface area contributed by atoms with Gasteiger partial charge < -0.3 is 15.7 Å². The number of rotatable bonds is 13. The van der Waals surface area contributed by atoms with Gasteiger partial charge in [-0.1, -0.05) is 0 Å². The van der Waals surface area contributed by atoms with Gasteiger partial charge in [0.15, 0.2) is 6.17 Å². The Morgan fingerprint density at radius 1 is 0.562 bits per heavy atom. The van der Waals surface area contributed by atoms with Crippen LogP contribution in [0, 0.1) is 0 Å². The minimum atomic E-state index is -1.65. The van der Waals surface area contributed by atoms with E-state index in [2.05, 4.69) is 52.2 Å². The number of hydrazine groups is 2. The number of hydrogen-bond acceptors (Lipinski definition) is 9. The topological polar surface area (TPSA) is 212 Å². The van der Waals surface area contributed by atoms with Crippen LogP contribution in [0.4, 0.5) is 0 Å². The lowest BCUT2D eigenvalue weighted by Crippen LogP contribution is -2.59. The molecule has 0 saturated carbocycles. The summed E-state index contributed by atoms with van der Waals surface area (Å²) in [7, 11) is 0. The van der Waals surface area contributed by atoms with Crippen LogP contribution in [-0.4, -0.2) is 64.2 Å². The molecule has 0 aliphatic rings. The Morgan fingerprint density at radius 2 is 0.938 bits per heavy atom. The van der Waals surface area contributed by atoms with Gasteiger partial charge in [0.1, 0.15) is 0 Å². The highest BCUT2D eigenvalue weighted by Gasteiger charge is 2.24. The number of carbonyl (C=O) groups is 7. The number of nitrogens with one attached hydrogen (secondary N) is 6. The normalized spacial score (nSPS) is 10.8. The molecule has 14 nitrogen and oxygen atoms in total. The molecule has 0 aromatic carbocycles. The van der Waals surface area contributed by atoms with E-state index in [9.17, 15) is 33.6 Å². The molecule has 1 unspecified atom stereocenters. The van der Waals surface area contributed by atoms with Crippen molar-refractivity contribution in [2.45, 2.75) is 44.7 Å². The van der Waals surface area contributed by atoms with Crippen molar-refractivity contribution in [3.63, 3.8) is 0 Å². The molecule has 0 bridgehead atoms. The zero-order valence-electron chi connectivity index (χ0n) is 16.9. The number of amides is 6. The summed E-state index contributed by atoms with van der Waals surface area (Å²) in [5, 5.41) is 12.9. The van der Waals surface area contributed by atoms with Gasteiger partial charge in [0, 0.05) is 32.1 Å². The number of hydrogen-bond donors (Lipinski definition) is 9. The van der Waals surface area contributed by atoms with Crippen LogP contribution in [0.1, 0.15) is 38.5 Å². The largest absolute Gasteiger partial charge is 0.481 e. The zero-order chi connectivity index (χ0) is 24.5. The number of carboxylic acid groups (broad SMARTS) is 1. The van der Waals surface area contributed by atoms with Crippen LogP contribution in [0.25, 0.3) is 0 Å². The van der Waals surface area contributed by atoms with Crippen molar-refractivity contribution in [1.29, 1.82) is 0 Å². The maximum absolute atomic E-state index is 12.2. The van der Waals surface area contributed by atoms with E-state index in [0.717, 1.165) is 0 Å². The van der Waals surface area contributed by atoms with Crippen LogP contribution in [0.15, 0.2) is 0 Å². The van der Waals surface area contributed by atoms with E-state index in [-0.39, 0.29) is 30.8 Å². The van der Waals surface area contributed by atoms with Crippen molar-refractivity contribution in [3.05, 3.63) is 0 Å². The van der Waals surface area contributed by atoms with E-state index >= 15 is 0 Å². The van der Waals surface area contributed by atoms with E-state index < -0.39 is 66.8 Å². The Morgan fingerprint density at radius 3 is 1.38 bits per heavy atom. The van der Waals surface area contributed by atoms with Crippen molar-refractivity contribution in [2.24, 2.45) is 0 Å². The van der Waals surface area contributed by atoms with Crippen molar-refractivity contribution in [1.82, 2.24) is 32.3 Å². The summed E-state index contributed by atoms with van der Waals surface area (Å²) in [6.07, 6.45) is -3.32. The maximum Gasteiger partial charge on any atom is 0.303 e. The summed E-state index contributed by atoms with van der Waals surface area (Å²) in [5.41, 5.74) is 8.27. The summed E-state index contributed by atoms with van der Waals surface area (Å²) in [5.74, 6) is -5.16. The van der Waals surface area contributed by atoms with Crippen molar-refractivity contribution in [3.8, 4) is 0 Å². The van der Waals surface area contributed by atoms with E-state index in [4.69, 9.17) is 5.11 Å². The molecule has 0 heterocycles. The molecule has 0 radical (unpaired) electrons. The predicted octanol–water partition coefficient (Wildman–Crippen LogP) is -2.88. The van der Waals surface area contributed by atoms with Gasteiger partial charge in [-0.25, -0.2) is 0 Å². The molecule has 0 aromatic heterocycles. The van der Waals surface area contributed by atoms with Crippen LogP contribution in [0.3, 0.4) is 0 Å². The highest BCUT2D eigenvalue weighted by atomic mass is 32.1. The first-order chi connectivity index (χ1) is 15.1. The lowest BCUT2D eigenvalue weighted by Gasteiger charge is -2.20. The second-order valence-corrected chi connectivity index (χ2v) is 6.94. The Hall–Kier alpha value is -3.01. The van der Waals surface area contributed by atoms with Crippen LogP contribution >= 0.6 is 25.3 Å². The van der Waals surface area contributed by atoms with Gasteiger partial charge in [-0.15, -0.1) is 0 Å². The van der Waals surface area contributed by atoms with Gasteiger partial charge in [-0.3, -0.25) is 55.3 Å². The molecule has 0 rings (SSSR count). The molecule has 0 aliphatic heterocycles. The lowest BCUT2D eigenvalue weighted by atomic mass is 10.2. The number of aliphatic carboxylic acids is 1. The molecule has 0 aromatic rings. The average molecular weight is 495 g/mol. The number of carbonyl (C=O) groups excluding carboxylic acids is 6. The molecule has 1 atom stereocenters. The van der Waals surface area contributed by atoms with Gasteiger partial charge in [0.05, 0.1) is 6.42 Å². The van der Waals surface area contributed by atoms with Crippen LogP contribution < -0.4 is 32.3 Å². The first kappa shape index (κ1) is 29.0. The third kappa shape index (κ3) is 14.9. The van der Waals surface area contributed by atoms with Crippen LogP contribution in [0.5, 0.6) is 0 Å². The molecule has 6 amide bonds. The summed E-state index contributed by atoms with van der Waals surface area (Å²) < 4.78 is 0. The van der Waals surface area contributed by atoms with E-state index in [1.165, 1.54) is 0 Å². The first-order valence-corrected chi connectivity index (χ1v) is 10.5. The summed E-state index contributed by atoms with van der Waals surface area (Å²) in [4.78, 5) is 81.0. The molecule has 0 spiro atoms. The standard InChI is InChI=1S/C16H26N6O8S2/c23-9(1-2-11(25)19-20-12(26)5-7-31)17-15(18-10(24)3-4-14(28)29)16(30)22-21-13(27)6-8-32/h15,31-32H,1-8H2,(H,17,23)(H,18,24)(H,19,25)(H,20,26)(H,21,27)(H,22,30)(H,28,29). The van der Waals surface area contributed by atoms with Gasteiger partial charge in [0.25, 0.3) is 5.91 Å². The minimum absolute atomic E-state index is 0.00890. The van der Waals surface area contributed by atoms with E-state index in [0.29, 0.717) is 0 Å². The van der Waals surface area contributed by atoms with Gasteiger partial charge in [-0.2, -0.15) is 25.3 Å². The van der Waals surface area contributed by atoms with Crippen molar-refractivity contribution >= 4 is 66.7 Å². The monoisotopic (exact) mass is 494 g/mol. The minimum Gasteiger partial charge on any atom is -0.481 e. The SMILES string of the molecule is O=C(O)CCC(=O)NC(NC(=O)CCC(=O)NNC(=O)CCS)C(=O)NNC(=O)CCS. The molecule has 7 N–H and O–H groups in total. The van der Waals surface area contributed by atoms with E-state index in [1.807, 2.05) is 5.43 Å². The van der Waals surface area contributed by atoms with Crippen molar-refractivity contribution < 1.29 is 38.7 Å². The fraction of sp³-hybridized carbons (Fsp3) is 0.562. The molecule has 0 saturated heterocycles. The Kier molecular flexibility index (Phi) is 15.1. The Labute approximate surface area is 194 Å². The second kappa shape index (κ2) is 16.7. The summed E-state index contributed by atoms with van der Waals surface area (Å²) >= 11 is 7.72. The maximum atomic E-state index is 12.2. The smallest absolute Gasteiger partial charge is 0.303 e. The average Bonchev–Trinajstić information content (AvgIpc) is 2.73. The zero-order valence-corrected chi connectivity index (χ0v) is 18.7. The predicted molar refractivity (Wildman–Crippen MR) is 116 cm³/mol. The number of thiol groups is 2. The summed E-state index contributed by atoms with van der Waals surface area (Å²) in [6.45, 7) is 0. The van der Waals surface area contributed by atoms with E-state index in [1.54, 1.807) is 0 Å². The summed E-state index contributed by atoms with van der Waals surface area (Å²) in [6, 6.07) is 0. The van der Waals surface area contributed by atoms with Crippen molar-refractivity contribution in [2.75, 3.05) is 11.5 Å². The molecular weight excluding hydrogens is 468 g/mol. The third-order valence-corrected chi connectivity index (χ3v) is 3.81. The first-order valence-electron chi connectivity index (χ1n) is 9.27. The molecule has 180 valence electrons.